The van der Waals surface area contributed by atoms with Crippen LogP contribution < -0.4 is 4.74 Å². The Labute approximate surface area is 112 Å². The summed E-state index contributed by atoms with van der Waals surface area (Å²) in [6, 6.07) is 4.55. The predicted molar refractivity (Wildman–Crippen MR) is 66.8 cm³/mol. The highest BCUT2D eigenvalue weighted by atomic mass is 79.9. The Morgan fingerprint density at radius 2 is 2.22 bits per heavy atom. The Bertz CT molecular complexity index is 543. The van der Waals surface area contributed by atoms with E-state index in [1.54, 1.807) is 12.1 Å². The number of ether oxygens (including phenoxy) is 1. The monoisotopic (exact) mass is 314 g/mol. The normalized spacial score (nSPS) is 10.9. The maximum Gasteiger partial charge on any atom is 0.229 e. The molecule has 0 atom stereocenters. The Morgan fingerprint density at radius 1 is 1.44 bits per heavy atom. The standard InChI is InChI=1S/C12H12BrFN2O2/c1-7(2)12-15-11(16-18-12)6-17-8-3-4-9(13)10(14)5-8/h3-5,7H,6H2,1-2H3. The number of aromatic nitrogens is 2. The van der Waals surface area contributed by atoms with Crippen LogP contribution in [-0.4, -0.2) is 10.1 Å². The van der Waals surface area contributed by atoms with Gasteiger partial charge >= 0.3 is 0 Å². The van der Waals surface area contributed by atoms with Crippen LogP contribution in [0.4, 0.5) is 4.39 Å². The lowest BCUT2D eigenvalue weighted by molar-refractivity contribution is 0.283. The van der Waals surface area contributed by atoms with Crippen LogP contribution in [0, 0.1) is 5.82 Å². The lowest BCUT2D eigenvalue weighted by atomic mass is 10.2. The highest BCUT2D eigenvalue weighted by molar-refractivity contribution is 9.10. The van der Waals surface area contributed by atoms with Crippen molar-refractivity contribution in [2.45, 2.75) is 26.4 Å². The average molecular weight is 315 g/mol. The van der Waals surface area contributed by atoms with Gasteiger partial charge in [0.25, 0.3) is 0 Å². The summed E-state index contributed by atoms with van der Waals surface area (Å²) in [5, 5.41) is 3.78. The third-order valence-electron chi connectivity index (χ3n) is 2.24. The zero-order chi connectivity index (χ0) is 13.1. The molecule has 0 amide bonds. The molecule has 1 heterocycles. The number of rotatable bonds is 4. The molecule has 0 spiro atoms. The Morgan fingerprint density at radius 3 is 2.83 bits per heavy atom. The van der Waals surface area contributed by atoms with Crippen LogP contribution >= 0.6 is 15.9 Å². The molecule has 0 saturated heterocycles. The summed E-state index contributed by atoms with van der Waals surface area (Å²) in [5.74, 6) is 1.24. The van der Waals surface area contributed by atoms with Crippen LogP contribution in [0.2, 0.25) is 0 Å². The quantitative estimate of drug-likeness (QED) is 0.863. The fourth-order valence-corrected chi connectivity index (χ4v) is 1.52. The number of nitrogens with zero attached hydrogens (tertiary/aromatic N) is 2. The third kappa shape index (κ3) is 3.07. The minimum atomic E-state index is -0.372. The number of benzene rings is 1. The van der Waals surface area contributed by atoms with Gasteiger partial charge in [-0.2, -0.15) is 4.98 Å². The van der Waals surface area contributed by atoms with Crippen LogP contribution in [0.25, 0.3) is 0 Å². The molecule has 0 aliphatic heterocycles. The van der Waals surface area contributed by atoms with Gasteiger partial charge in [0.2, 0.25) is 11.7 Å². The molecule has 0 unspecified atom stereocenters. The van der Waals surface area contributed by atoms with Gasteiger partial charge in [-0.1, -0.05) is 19.0 Å². The molecule has 6 heteroatoms. The van der Waals surface area contributed by atoms with Gasteiger partial charge in [-0.3, -0.25) is 0 Å². The first-order chi connectivity index (χ1) is 8.56. The molecule has 0 saturated carbocycles. The zero-order valence-corrected chi connectivity index (χ0v) is 11.6. The van der Waals surface area contributed by atoms with Crippen molar-refractivity contribution in [3.8, 4) is 5.75 Å². The van der Waals surface area contributed by atoms with Crippen molar-refractivity contribution in [1.29, 1.82) is 0 Å². The lowest BCUT2D eigenvalue weighted by Gasteiger charge is -2.03. The number of hydrogen-bond acceptors (Lipinski definition) is 4. The zero-order valence-electron chi connectivity index (χ0n) is 9.98. The number of hydrogen-bond donors (Lipinski definition) is 0. The van der Waals surface area contributed by atoms with E-state index in [9.17, 15) is 4.39 Å². The maximum absolute atomic E-state index is 13.2. The van der Waals surface area contributed by atoms with Gasteiger partial charge in [-0.05, 0) is 28.1 Å². The predicted octanol–water partition coefficient (Wildman–Crippen LogP) is 3.67. The smallest absolute Gasteiger partial charge is 0.229 e. The lowest BCUT2D eigenvalue weighted by Crippen LogP contribution is -1.98. The second kappa shape index (κ2) is 5.48. The third-order valence-corrected chi connectivity index (χ3v) is 2.88. The molecule has 0 aliphatic rings. The van der Waals surface area contributed by atoms with E-state index in [0.29, 0.717) is 21.9 Å². The summed E-state index contributed by atoms with van der Waals surface area (Å²) in [5.41, 5.74) is 0. The van der Waals surface area contributed by atoms with Crippen LogP contribution in [-0.2, 0) is 6.61 Å². The van der Waals surface area contributed by atoms with Crippen molar-refractivity contribution in [3.63, 3.8) is 0 Å². The minimum Gasteiger partial charge on any atom is -0.485 e. The van der Waals surface area contributed by atoms with Gasteiger partial charge in [-0.25, -0.2) is 4.39 Å². The van der Waals surface area contributed by atoms with E-state index in [4.69, 9.17) is 9.26 Å². The SMILES string of the molecule is CC(C)c1nc(COc2ccc(Br)c(F)c2)no1. The second-order valence-electron chi connectivity index (χ2n) is 4.07. The Hall–Kier alpha value is -1.43. The van der Waals surface area contributed by atoms with Gasteiger partial charge < -0.3 is 9.26 Å². The molecule has 0 N–H and O–H groups in total. The fraction of sp³-hybridized carbons (Fsp3) is 0.333. The van der Waals surface area contributed by atoms with Crippen molar-refractivity contribution in [1.82, 2.24) is 10.1 Å². The molecule has 1 aromatic carbocycles. The molecule has 2 aromatic rings. The summed E-state index contributed by atoms with van der Waals surface area (Å²) < 4.78 is 24.0. The molecule has 18 heavy (non-hydrogen) atoms. The first kappa shape index (κ1) is 13.0. The first-order valence-electron chi connectivity index (χ1n) is 5.46. The molecule has 0 fully saturated rings. The van der Waals surface area contributed by atoms with Crippen LogP contribution in [0.3, 0.4) is 0 Å². The molecule has 2 rings (SSSR count). The van der Waals surface area contributed by atoms with Crippen LogP contribution in [0.15, 0.2) is 27.2 Å². The van der Waals surface area contributed by atoms with E-state index in [0.717, 1.165) is 0 Å². The van der Waals surface area contributed by atoms with Crippen LogP contribution in [0.1, 0.15) is 31.5 Å². The van der Waals surface area contributed by atoms with Gasteiger partial charge in [0.1, 0.15) is 11.6 Å². The van der Waals surface area contributed by atoms with E-state index in [-0.39, 0.29) is 18.3 Å². The molecule has 96 valence electrons. The molecule has 0 radical (unpaired) electrons. The van der Waals surface area contributed by atoms with E-state index in [2.05, 4.69) is 26.1 Å². The summed E-state index contributed by atoms with van der Waals surface area (Å²) >= 11 is 3.07. The molecule has 0 aliphatic carbocycles. The summed E-state index contributed by atoms with van der Waals surface area (Å²) in [6.45, 7) is 4.07. The van der Waals surface area contributed by atoms with Gasteiger partial charge in [-0.15, -0.1) is 0 Å². The highest BCUT2D eigenvalue weighted by Crippen LogP contribution is 2.21. The molecule has 1 aromatic heterocycles. The summed E-state index contributed by atoms with van der Waals surface area (Å²) in [7, 11) is 0. The minimum absolute atomic E-state index is 0.150. The van der Waals surface area contributed by atoms with Crippen molar-refractivity contribution in [3.05, 3.63) is 40.2 Å². The molecular formula is C12H12BrFN2O2. The van der Waals surface area contributed by atoms with Crippen LogP contribution in [0.5, 0.6) is 5.75 Å². The highest BCUT2D eigenvalue weighted by Gasteiger charge is 2.10. The topological polar surface area (TPSA) is 48.2 Å². The van der Waals surface area contributed by atoms with Gasteiger partial charge in [0.05, 0.1) is 4.47 Å². The Balaban J connectivity index is 2.00. The van der Waals surface area contributed by atoms with Gasteiger partial charge in [0, 0.05) is 12.0 Å². The van der Waals surface area contributed by atoms with Gasteiger partial charge in [0.15, 0.2) is 6.61 Å². The van der Waals surface area contributed by atoms with Crippen molar-refractivity contribution >= 4 is 15.9 Å². The van der Waals surface area contributed by atoms with E-state index < -0.39 is 0 Å². The van der Waals surface area contributed by atoms with Crippen molar-refractivity contribution < 1.29 is 13.7 Å². The summed E-state index contributed by atoms with van der Waals surface area (Å²) in [6.07, 6.45) is 0. The Kier molecular flexibility index (Phi) is 3.96. The van der Waals surface area contributed by atoms with E-state index >= 15 is 0 Å². The molecule has 0 bridgehead atoms. The summed E-state index contributed by atoms with van der Waals surface area (Å²) in [4.78, 5) is 4.16. The number of halogens is 2. The van der Waals surface area contributed by atoms with E-state index in [1.807, 2.05) is 13.8 Å². The first-order valence-corrected chi connectivity index (χ1v) is 6.26. The van der Waals surface area contributed by atoms with E-state index in [1.165, 1.54) is 6.07 Å². The van der Waals surface area contributed by atoms with Crippen molar-refractivity contribution in [2.24, 2.45) is 0 Å². The molecular weight excluding hydrogens is 303 g/mol. The second-order valence-corrected chi connectivity index (χ2v) is 4.92. The fourth-order valence-electron chi connectivity index (χ4n) is 1.28. The van der Waals surface area contributed by atoms with Crippen molar-refractivity contribution in [2.75, 3.05) is 0 Å². The largest absolute Gasteiger partial charge is 0.485 e. The average Bonchev–Trinajstić information content (AvgIpc) is 2.79. The molecule has 4 nitrogen and oxygen atoms in total. The maximum atomic E-state index is 13.2.